The van der Waals surface area contributed by atoms with E-state index >= 15 is 0 Å². The van der Waals surface area contributed by atoms with Crippen LogP contribution in [-0.4, -0.2) is 25.0 Å². The molecule has 4 nitrogen and oxygen atoms in total. The molecule has 0 aromatic heterocycles. The van der Waals surface area contributed by atoms with E-state index in [0.29, 0.717) is 17.9 Å². The molecule has 0 N–H and O–H groups in total. The van der Waals surface area contributed by atoms with Gasteiger partial charge in [0.1, 0.15) is 5.75 Å². The minimum absolute atomic E-state index is 0.0919. The van der Waals surface area contributed by atoms with Gasteiger partial charge in [-0.1, -0.05) is 36.4 Å². The lowest BCUT2D eigenvalue weighted by Crippen LogP contribution is -2.14. The molecule has 2 rings (SSSR count). The zero-order valence-electron chi connectivity index (χ0n) is 12.9. The summed E-state index contributed by atoms with van der Waals surface area (Å²) in [5.74, 6) is 0.00545. The second kappa shape index (κ2) is 8.54. The summed E-state index contributed by atoms with van der Waals surface area (Å²) in [4.78, 5) is 23.3. The highest BCUT2D eigenvalue weighted by molar-refractivity contribution is 6.06. The van der Waals surface area contributed by atoms with E-state index in [0.717, 1.165) is 5.56 Å². The molecule has 0 bridgehead atoms. The van der Waals surface area contributed by atoms with Crippen molar-refractivity contribution >= 4 is 17.8 Å². The third-order valence-corrected chi connectivity index (χ3v) is 3.03. The van der Waals surface area contributed by atoms with Gasteiger partial charge < -0.3 is 9.47 Å². The molecule has 0 saturated carbocycles. The maximum atomic E-state index is 12.1. The van der Waals surface area contributed by atoms with Crippen LogP contribution in [0, 0.1) is 0 Å². The molecule has 0 aliphatic heterocycles. The highest BCUT2D eigenvalue weighted by Gasteiger charge is 2.05. The van der Waals surface area contributed by atoms with E-state index in [4.69, 9.17) is 9.47 Å². The van der Waals surface area contributed by atoms with Gasteiger partial charge in [0.25, 0.3) is 0 Å². The van der Waals surface area contributed by atoms with Crippen LogP contribution in [0.2, 0.25) is 0 Å². The molecule has 0 amide bonds. The topological polar surface area (TPSA) is 52.6 Å². The van der Waals surface area contributed by atoms with E-state index < -0.39 is 5.97 Å². The normalized spacial score (nSPS) is 10.5. The van der Waals surface area contributed by atoms with Crippen molar-refractivity contribution in [3.63, 3.8) is 0 Å². The van der Waals surface area contributed by atoms with Crippen molar-refractivity contribution in [2.24, 2.45) is 0 Å². The molecule has 118 valence electrons. The first kappa shape index (κ1) is 16.5. The molecule has 0 aliphatic rings. The van der Waals surface area contributed by atoms with Crippen LogP contribution in [0.1, 0.15) is 22.8 Å². The van der Waals surface area contributed by atoms with Crippen LogP contribution >= 0.6 is 0 Å². The summed E-state index contributed by atoms with van der Waals surface area (Å²) in [5.41, 5.74) is 1.52. The number of rotatable bonds is 7. The van der Waals surface area contributed by atoms with Gasteiger partial charge in [0.15, 0.2) is 12.4 Å². The van der Waals surface area contributed by atoms with Gasteiger partial charge >= 0.3 is 5.97 Å². The Morgan fingerprint density at radius 1 is 1.00 bits per heavy atom. The van der Waals surface area contributed by atoms with Gasteiger partial charge in [-0.05, 0) is 42.8 Å². The third-order valence-electron chi connectivity index (χ3n) is 3.03. The maximum Gasteiger partial charge on any atom is 0.344 e. The van der Waals surface area contributed by atoms with Crippen molar-refractivity contribution in [1.29, 1.82) is 0 Å². The third kappa shape index (κ3) is 5.43. The highest BCUT2D eigenvalue weighted by atomic mass is 16.6. The molecule has 0 saturated heterocycles. The minimum atomic E-state index is -0.418. The Bertz CT molecular complexity index is 672. The molecule has 2 aromatic carbocycles. The van der Waals surface area contributed by atoms with Gasteiger partial charge in [0.05, 0.1) is 6.61 Å². The van der Waals surface area contributed by atoms with Crippen molar-refractivity contribution in [1.82, 2.24) is 0 Å². The Kier molecular flexibility index (Phi) is 6.12. The number of hydrogen-bond acceptors (Lipinski definition) is 4. The Hall–Kier alpha value is -2.88. The number of benzene rings is 2. The molecule has 0 radical (unpaired) electrons. The summed E-state index contributed by atoms with van der Waals surface area (Å²) in [6, 6.07) is 16.3. The molecular weight excluding hydrogens is 292 g/mol. The quantitative estimate of drug-likeness (QED) is 0.446. The lowest BCUT2D eigenvalue weighted by molar-refractivity contribution is -0.145. The number of carbonyl (C=O) groups excluding carboxylic acids is 2. The Morgan fingerprint density at radius 3 is 2.35 bits per heavy atom. The van der Waals surface area contributed by atoms with Crippen LogP contribution in [-0.2, 0) is 9.53 Å². The molecule has 0 fully saturated rings. The molecule has 0 unspecified atom stereocenters. The number of hydrogen-bond donors (Lipinski definition) is 0. The smallest absolute Gasteiger partial charge is 0.344 e. The summed E-state index contributed by atoms with van der Waals surface area (Å²) in [6.07, 6.45) is 3.30. The summed E-state index contributed by atoms with van der Waals surface area (Å²) in [7, 11) is 0. The largest absolute Gasteiger partial charge is 0.482 e. The summed E-state index contributed by atoms with van der Waals surface area (Å²) in [5, 5.41) is 0. The summed E-state index contributed by atoms with van der Waals surface area (Å²) in [6.45, 7) is 1.92. The molecular formula is C19H18O4. The van der Waals surface area contributed by atoms with Crippen LogP contribution in [0.4, 0.5) is 0 Å². The van der Waals surface area contributed by atoms with Gasteiger partial charge in [-0.3, -0.25) is 4.79 Å². The fraction of sp³-hybridized carbons (Fsp3) is 0.158. The average molecular weight is 310 g/mol. The predicted molar refractivity (Wildman–Crippen MR) is 88.4 cm³/mol. The van der Waals surface area contributed by atoms with Gasteiger partial charge in [0, 0.05) is 5.56 Å². The molecule has 0 heterocycles. The first-order valence-electron chi connectivity index (χ1n) is 7.35. The van der Waals surface area contributed by atoms with Gasteiger partial charge in [-0.2, -0.15) is 0 Å². The molecule has 23 heavy (non-hydrogen) atoms. The van der Waals surface area contributed by atoms with Crippen molar-refractivity contribution in [3.8, 4) is 5.75 Å². The molecule has 4 heteroatoms. The first-order valence-corrected chi connectivity index (χ1v) is 7.35. The fourth-order valence-corrected chi connectivity index (χ4v) is 1.89. The number of ketones is 1. The zero-order valence-corrected chi connectivity index (χ0v) is 12.9. The van der Waals surface area contributed by atoms with E-state index in [1.165, 1.54) is 6.08 Å². The average Bonchev–Trinajstić information content (AvgIpc) is 2.59. The number of ether oxygens (including phenoxy) is 2. The van der Waals surface area contributed by atoms with Crippen LogP contribution in [0.15, 0.2) is 60.7 Å². The van der Waals surface area contributed by atoms with E-state index in [1.807, 2.05) is 30.3 Å². The second-order valence-electron chi connectivity index (χ2n) is 4.73. The molecule has 0 spiro atoms. The molecule has 0 atom stereocenters. The van der Waals surface area contributed by atoms with Crippen LogP contribution < -0.4 is 4.74 Å². The summed E-state index contributed by atoms with van der Waals surface area (Å²) < 4.78 is 10.1. The maximum absolute atomic E-state index is 12.1. The Labute approximate surface area is 135 Å². The van der Waals surface area contributed by atoms with Crippen molar-refractivity contribution < 1.29 is 19.1 Å². The first-order chi connectivity index (χ1) is 11.2. The fourth-order valence-electron chi connectivity index (χ4n) is 1.89. The van der Waals surface area contributed by atoms with Gasteiger partial charge in [0.2, 0.25) is 0 Å². The molecule has 2 aromatic rings. The van der Waals surface area contributed by atoms with Gasteiger partial charge in [-0.25, -0.2) is 4.79 Å². The monoisotopic (exact) mass is 310 g/mol. The lowest BCUT2D eigenvalue weighted by atomic mass is 10.1. The molecule has 0 aliphatic carbocycles. The predicted octanol–water partition coefficient (Wildman–Crippen LogP) is 3.52. The second-order valence-corrected chi connectivity index (χ2v) is 4.73. The SMILES string of the molecule is CCOC(=O)COc1ccc(C(=O)/C=C\c2ccccc2)cc1. The highest BCUT2D eigenvalue weighted by Crippen LogP contribution is 2.13. The van der Waals surface area contributed by atoms with Crippen LogP contribution in [0.3, 0.4) is 0 Å². The Morgan fingerprint density at radius 2 is 1.70 bits per heavy atom. The number of esters is 1. The zero-order chi connectivity index (χ0) is 16.5. The van der Waals surface area contributed by atoms with Gasteiger partial charge in [-0.15, -0.1) is 0 Å². The number of carbonyl (C=O) groups is 2. The van der Waals surface area contributed by atoms with Crippen LogP contribution in [0.5, 0.6) is 5.75 Å². The van der Waals surface area contributed by atoms with Crippen molar-refractivity contribution in [2.75, 3.05) is 13.2 Å². The lowest BCUT2D eigenvalue weighted by Gasteiger charge is -2.06. The van der Waals surface area contributed by atoms with E-state index in [2.05, 4.69) is 0 Å². The van der Waals surface area contributed by atoms with Crippen LogP contribution in [0.25, 0.3) is 6.08 Å². The Balaban J connectivity index is 1.92. The van der Waals surface area contributed by atoms with Crippen molar-refractivity contribution in [2.45, 2.75) is 6.92 Å². The number of allylic oxidation sites excluding steroid dienone is 1. The van der Waals surface area contributed by atoms with Crippen molar-refractivity contribution in [3.05, 3.63) is 71.8 Å². The van der Waals surface area contributed by atoms with E-state index in [9.17, 15) is 9.59 Å². The standard InChI is InChI=1S/C19H18O4/c1-2-22-19(21)14-23-17-11-9-16(10-12-17)18(20)13-8-15-6-4-3-5-7-15/h3-13H,2,14H2,1H3/b13-8-. The van der Waals surface area contributed by atoms with E-state index in [-0.39, 0.29) is 12.4 Å². The summed E-state index contributed by atoms with van der Waals surface area (Å²) >= 11 is 0. The van der Waals surface area contributed by atoms with E-state index in [1.54, 1.807) is 37.3 Å². The minimum Gasteiger partial charge on any atom is -0.482 e.